The summed E-state index contributed by atoms with van der Waals surface area (Å²) in [7, 11) is 1.67. The highest BCUT2D eigenvalue weighted by molar-refractivity contribution is 5.69. The lowest BCUT2D eigenvalue weighted by molar-refractivity contribution is -0.145. The Morgan fingerprint density at radius 2 is 1.94 bits per heavy atom. The van der Waals surface area contributed by atoms with Crippen molar-refractivity contribution >= 4 is 5.97 Å². The first-order valence-electron chi connectivity index (χ1n) is 6.52. The predicted octanol–water partition coefficient (Wildman–Crippen LogP) is 3.14. The van der Waals surface area contributed by atoms with Crippen LogP contribution in [0, 0.1) is 5.92 Å². The second-order valence-corrected chi connectivity index (χ2v) is 4.82. The summed E-state index contributed by atoms with van der Waals surface area (Å²) in [5.41, 5.74) is 1.34. The van der Waals surface area contributed by atoms with Crippen molar-refractivity contribution in [1.29, 1.82) is 0 Å². The number of rotatable bonds is 5. The zero-order chi connectivity index (χ0) is 13.0. The van der Waals surface area contributed by atoms with Crippen LogP contribution in [0.2, 0.25) is 0 Å². The van der Waals surface area contributed by atoms with Crippen molar-refractivity contribution in [3.63, 3.8) is 0 Å². The standard InChI is InChI=1S/C15H20O3/c1-3-18-15(16)10-11-8-13(9-11)12-4-6-14(17-2)7-5-12/h4-7,11,13H,3,8-10H2,1-2H3. The van der Waals surface area contributed by atoms with E-state index in [2.05, 4.69) is 12.1 Å². The van der Waals surface area contributed by atoms with Gasteiger partial charge in [-0.1, -0.05) is 12.1 Å². The molecule has 1 aliphatic carbocycles. The second kappa shape index (κ2) is 5.89. The maximum atomic E-state index is 11.3. The predicted molar refractivity (Wildman–Crippen MR) is 69.7 cm³/mol. The number of benzene rings is 1. The van der Waals surface area contributed by atoms with Gasteiger partial charge in [-0.3, -0.25) is 4.79 Å². The monoisotopic (exact) mass is 248 g/mol. The fourth-order valence-corrected chi connectivity index (χ4v) is 2.51. The highest BCUT2D eigenvalue weighted by Crippen LogP contribution is 2.43. The smallest absolute Gasteiger partial charge is 0.306 e. The van der Waals surface area contributed by atoms with E-state index in [-0.39, 0.29) is 5.97 Å². The Kier molecular flexibility index (Phi) is 4.24. The Bertz CT molecular complexity index is 391. The van der Waals surface area contributed by atoms with Gasteiger partial charge in [0.2, 0.25) is 0 Å². The zero-order valence-corrected chi connectivity index (χ0v) is 11.0. The van der Waals surface area contributed by atoms with Gasteiger partial charge in [0.05, 0.1) is 13.7 Å². The number of hydrogen-bond donors (Lipinski definition) is 0. The van der Waals surface area contributed by atoms with Crippen molar-refractivity contribution in [2.75, 3.05) is 13.7 Å². The summed E-state index contributed by atoms with van der Waals surface area (Å²) < 4.78 is 10.1. The normalized spacial score (nSPS) is 22.1. The topological polar surface area (TPSA) is 35.5 Å². The third kappa shape index (κ3) is 3.03. The quantitative estimate of drug-likeness (QED) is 0.751. The van der Waals surface area contributed by atoms with Crippen LogP contribution in [0.1, 0.15) is 37.7 Å². The third-order valence-corrected chi connectivity index (χ3v) is 3.58. The van der Waals surface area contributed by atoms with Crippen LogP contribution in [0.15, 0.2) is 24.3 Å². The van der Waals surface area contributed by atoms with Crippen LogP contribution in [0.25, 0.3) is 0 Å². The Hall–Kier alpha value is -1.51. The van der Waals surface area contributed by atoms with Crippen molar-refractivity contribution in [3.8, 4) is 5.75 Å². The maximum Gasteiger partial charge on any atom is 0.306 e. The lowest BCUT2D eigenvalue weighted by Crippen LogP contribution is -2.25. The molecule has 3 nitrogen and oxygen atoms in total. The molecule has 18 heavy (non-hydrogen) atoms. The van der Waals surface area contributed by atoms with Crippen molar-refractivity contribution in [1.82, 2.24) is 0 Å². The molecule has 0 aliphatic heterocycles. The molecular weight excluding hydrogens is 228 g/mol. The molecule has 98 valence electrons. The van der Waals surface area contributed by atoms with Gasteiger partial charge < -0.3 is 9.47 Å². The average molecular weight is 248 g/mol. The van der Waals surface area contributed by atoms with Gasteiger partial charge >= 0.3 is 5.97 Å². The molecule has 2 rings (SSSR count). The van der Waals surface area contributed by atoms with E-state index in [9.17, 15) is 4.79 Å². The second-order valence-electron chi connectivity index (χ2n) is 4.82. The number of carbonyl (C=O) groups excluding carboxylic acids is 1. The first-order valence-corrected chi connectivity index (χ1v) is 6.52. The molecular formula is C15H20O3. The van der Waals surface area contributed by atoms with E-state index in [0.29, 0.717) is 24.9 Å². The molecule has 1 saturated carbocycles. The fraction of sp³-hybridized carbons (Fsp3) is 0.533. The van der Waals surface area contributed by atoms with Crippen molar-refractivity contribution in [3.05, 3.63) is 29.8 Å². The Morgan fingerprint density at radius 1 is 1.28 bits per heavy atom. The molecule has 0 spiro atoms. The van der Waals surface area contributed by atoms with Gasteiger partial charge in [0.1, 0.15) is 5.75 Å². The molecule has 1 aromatic rings. The van der Waals surface area contributed by atoms with Gasteiger partial charge in [-0.25, -0.2) is 0 Å². The molecule has 0 heterocycles. The molecule has 0 saturated heterocycles. The van der Waals surface area contributed by atoms with Gasteiger partial charge in [0.15, 0.2) is 0 Å². The van der Waals surface area contributed by atoms with Gasteiger partial charge in [0.25, 0.3) is 0 Å². The highest BCUT2D eigenvalue weighted by atomic mass is 16.5. The van der Waals surface area contributed by atoms with E-state index < -0.39 is 0 Å². The molecule has 0 amide bonds. The maximum absolute atomic E-state index is 11.3. The minimum atomic E-state index is -0.0596. The van der Waals surface area contributed by atoms with Crippen LogP contribution in [-0.4, -0.2) is 19.7 Å². The van der Waals surface area contributed by atoms with Gasteiger partial charge in [-0.2, -0.15) is 0 Å². The van der Waals surface area contributed by atoms with Crippen LogP contribution < -0.4 is 4.74 Å². The Balaban J connectivity index is 1.79. The van der Waals surface area contributed by atoms with Crippen LogP contribution in [0.5, 0.6) is 5.75 Å². The minimum Gasteiger partial charge on any atom is -0.497 e. The van der Waals surface area contributed by atoms with E-state index in [4.69, 9.17) is 9.47 Å². The molecule has 1 aliphatic rings. The molecule has 1 aromatic carbocycles. The zero-order valence-electron chi connectivity index (χ0n) is 11.0. The van der Waals surface area contributed by atoms with Crippen molar-refractivity contribution in [2.45, 2.75) is 32.1 Å². The first-order chi connectivity index (χ1) is 8.72. The summed E-state index contributed by atoms with van der Waals surface area (Å²) >= 11 is 0. The summed E-state index contributed by atoms with van der Waals surface area (Å²) in [4.78, 5) is 11.3. The Morgan fingerprint density at radius 3 is 2.50 bits per heavy atom. The lowest BCUT2D eigenvalue weighted by atomic mass is 9.70. The number of methoxy groups -OCH3 is 1. The van der Waals surface area contributed by atoms with Crippen molar-refractivity contribution < 1.29 is 14.3 Å². The fourth-order valence-electron chi connectivity index (χ4n) is 2.51. The molecule has 0 bridgehead atoms. The van der Waals surface area contributed by atoms with Gasteiger partial charge in [-0.15, -0.1) is 0 Å². The molecule has 0 N–H and O–H groups in total. The van der Waals surface area contributed by atoms with E-state index >= 15 is 0 Å². The summed E-state index contributed by atoms with van der Waals surface area (Å²) in [6.07, 6.45) is 2.75. The van der Waals surface area contributed by atoms with Gasteiger partial charge in [0, 0.05) is 6.42 Å². The largest absolute Gasteiger partial charge is 0.497 e. The molecule has 0 atom stereocenters. The van der Waals surface area contributed by atoms with Gasteiger partial charge in [-0.05, 0) is 49.3 Å². The van der Waals surface area contributed by atoms with Crippen LogP contribution in [0.3, 0.4) is 0 Å². The number of carbonyl (C=O) groups is 1. The van der Waals surface area contributed by atoms with Crippen LogP contribution >= 0.6 is 0 Å². The molecule has 0 aromatic heterocycles. The van der Waals surface area contributed by atoms with E-state index in [1.165, 1.54) is 5.56 Å². The number of hydrogen-bond acceptors (Lipinski definition) is 3. The molecule has 1 fully saturated rings. The average Bonchev–Trinajstić information content (AvgIpc) is 2.34. The van der Waals surface area contributed by atoms with E-state index in [1.807, 2.05) is 19.1 Å². The first kappa shape index (κ1) is 12.9. The third-order valence-electron chi connectivity index (χ3n) is 3.58. The minimum absolute atomic E-state index is 0.0596. The Labute approximate surface area is 108 Å². The lowest BCUT2D eigenvalue weighted by Gasteiger charge is -2.35. The highest BCUT2D eigenvalue weighted by Gasteiger charge is 2.31. The summed E-state index contributed by atoms with van der Waals surface area (Å²) in [5, 5.41) is 0. The summed E-state index contributed by atoms with van der Waals surface area (Å²) in [6.45, 7) is 2.33. The molecule has 0 unspecified atom stereocenters. The molecule has 3 heteroatoms. The number of ether oxygens (including phenoxy) is 2. The molecule has 0 radical (unpaired) electrons. The van der Waals surface area contributed by atoms with E-state index in [1.54, 1.807) is 7.11 Å². The van der Waals surface area contributed by atoms with Crippen LogP contribution in [-0.2, 0) is 9.53 Å². The van der Waals surface area contributed by atoms with E-state index in [0.717, 1.165) is 18.6 Å². The van der Waals surface area contributed by atoms with Crippen LogP contribution in [0.4, 0.5) is 0 Å². The number of esters is 1. The summed E-state index contributed by atoms with van der Waals surface area (Å²) in [5.74, 6) is 1.92. The summed E-state index contributed by atoms with van der Waals surface area (Å²) in [6, 6.07) is 8.22. The van der Waals surface area contributed by atoms with Crippen molar-refractivity contribution in [2.24, 2.45) is 5.92 Å². The SMILES string of the molecule is CCOC(=O)CC1CC(c2ccc(OC)cc2)C1.